The van der Waals surface area contributed by atoms with Gasteiger partial charge in [-0.05, 0) is 48.5 Å². The van der Waals surface area contributed by atoms with Crippen molar-refractivity contribution in [2.45, 2.75) is 104 Å². The van der Waals surface area contributed by atoms with Crippen LogP contribution in [0.3, 0.4) is 0 Å². The Hall–Kier alpha value is -3.42. The van der Waals surface area contributed by atoms with Gasteiger partial charge in [-0.2, -0.15) is 0 Å². The zero-order valence-electron chi connectivity index (χ0n) is 23.5. The van der Waals surface area contributed by atoms with E-state index in [0.29, 0.717) is 0 Å². The summed E-state index contributed by atoms with van der Waals surface area (Å²) in [4.78, 5) is 61.7. The number of esters is 1. The normalized spacial score (nSPS) is 20.2. The van der Waals surface area contributed by atoms with E-state index >= 15 is 0 Å². The molecule has 0 spiro atoms. The molecule has 2 heterocycles. The number of nitrogens with zero attached hydrogens (tertiary/aromatic N) is 2. The highest BCUT2D eigenvalue weighted by atomic mass is 18.2. The number of carbonyl (C=O) groups is 3. The quantitative estimate of drug-likeness (QED) is 0.342. The number of carbonyl (C=O) groups excluding carboxylic acids is 3. The van der Waals surface area contributed by atoms with Crippen LogP contribution in [0.5, 0.6) is 0 Å². The van der Waals surface area contributed by atoms with Crippen LogP contribution in [0.4, 0.5) is 14.0 Å². The van der Waals surface area contributed by atoms with Crippen LogP contribution >= 0.6 is 0 Å². The molecule has 2 rings (SSSR count). The number of hydrogen-bond acceptors (Lipinski definition) is 11. The molecule has 14 heteroatoms. The van der Waals surface area contributed by atoms with Crippen molar-refractivity contribution in [1.29, 1.82) is 0 Å². The molecule has 220 valence electrons. The van der Waals surface area contributed by atoms with Crippen LogP contribution in [0.1, 0.15) is 66.7 Å². The Morgan fingerprint density at radius 2 is 1.67 bits per heavy atom. The molecule has 1 aromatic heterocycles. The zero-order chi connectivity index (χ0) is 29.7. The number of ether oxygens (including phenoxy) is 6. The maximum Gasteiger partial charge on any atom is 0.509 e. The maximum atomic E-state index is 13.4. The molecule has 0 aromatic carbocycles. The van der Waals surface area contributed by atoms with Crippen LogP contribution < -0.4 is 11.2 Å². The van der Waals surface area contributed by atoms with E-state index in [1.54, 1.807) is 41.5 Å². The molecule has 0 radical (unpaired) electrons. The number of aromatic nitrogens is 2. The Morgan fingerprint density at radius 1 is 1.08 bits per heavy atom. The van der Waals surface area contributed by atoms with Gasteiger partial charge in [-0.15, -0.1) is 0 Å². The zero-order valence-corrected chi connectivity index (χ0v) is 23.5. The Bertz CT molecular complexity index is 1160. The monoisotopic (exact) mass is 559 g/mol. The second-order valence-corrected chi connectivity index (χ2v) is 11.1. The van der Waals surface area contributed by atoms with Crippen molar-refractivity contribution in [3.63, 3.8) is 0 Å². The lowest BCUT2D eigenvalue weighted by atomic mass is 10.2. The first-order chi connectivity index (χ1) is 17.9. The predicted octanol–water partition coefficient (Wildman–Crippen LogP) is 2.78. The molecule has 13 nitrogen and oxygen atoms in total. The molecule has 1 fully saturated rings. The number of alkyl halides is 1. The summed E-state index contributed by atoms with van der Waals surface area (Å²) in [6.07, 6.45) is -5.26. The minimum absolute atomic E-state index is 0.0738. The van der Waals surface area contributed by atoms with Gasteiger partial charge in [0.25, 0.3) is 5.56 Å². The van der Waals surface area contributed by atoms with Crippen LogP contribution in [0.15, 0.2) is 15.8 Å². The Morgan fingerprint density at radius 3 is 2.21 bits per heavy atom. The smallest absolute Gasteiger partial charge is 0.458 e. The number of rotatable bonds is 8. The van der Waals surface area contributed by atoms with Gasteiger partial charge in [-0.25, -0.2) is 18.8 Å². The molecule has 0 N–H and O–H groups in total. The molecular formula is C25H37FN2O11. The van der Waals surface area contributed by atoms with Gasteiger partial charge in [0.15, 0.2) is 0 Å². The first kappa shape index (κ1) is 31.8. The van der Waals surface area contributed by atoms with Crippen LogP contribution in [0.25, 0.3) is 0 Å². The first-order valence-corrected chi connectivity index (χ1v) is 12.4. The van der Waals surface area contributed by atoms with Crippen molar-refractivity contribution in [3.8, 4) is 0 Å². The molecule has 1 saturated heterocycles. The van der Waals surface area contributed by atoms with Crippen molar-refractivity contribution in [1.82, 2.24) is 9.13 Å². The fraction of sp³-hybridized carbons (Fsp3) is 0.720. The fourth-order valence-corrected chi connectivity index (χ4v) is 3.65. The predicted molar refractivity (Wildman–Crippen MR) is 133 cm³/mol. The summed E-state index contributed by atoms with van der Waals surface area (Å²) in [5.74, 6) is -0.771. The molecule has 1 unspecified atom stereocenters. The van der Waals surface area contributed by atoms with Crippen LogP contribution in [0, 0.1) is 6.92 Å². The van der Waals surface area contributed by atoms with Gasteiger partial charge in [0, 0.05) is 25.1 Å². The summed E-state index contributed by atoms with van der Waals surface area (Å²) in [5.41, 5.74) is -3.12. The van der Waals surface area contributed by atoms with E-state index in [1.807, 2.05) is 0 Å². The molecule has 0 saturated carbocycles. The van der Waals surface area contributed by atoms with Crippen molar-refractivity contribution in [3.05, 3.63) is 32.6 Å². The molecule has 1 aromatic rings. The largest absolute Gasteiger partial charge is 0.509 e. The van der Waals surface area contributed by atoms with E-state index in [4.69, 9.17) is 28.4 Å². The molecule has 0 bridgehead atoms. The molecule has 39 heavy (non-hydrogen) atoms. The lowest BCUT2D eigenvalue weighted by Crippen LogP contribution is -2.45. The lowest BCUT2D eigenvalue weighted by Gasteiger charge is -2.23. The molecule has 1 aliphatic heterocycles. The van der Waals surface area contributed by atoms with Crippen molar-refractivity contribution >= 4 is 18.3 Å². The summed E-state index contributed by atoms with van der Waals surface area (Å²) in [6, 6.07) is 0. The average molecular weight is 560 g/mol. The minimum Gasteiger partial charge on any atom is -0.458 e. The summed E-state index contributed by atoms with van der Waals surface area (Å²) < 4.78 is 46.9. The minimum atomic E-state index is -1.36. The molecule has 4 atom stereocenters. The Kier molecular flexibility index (Phi) is 10.3. The second-order valence-electron chi connectivity index (χ2n) is 11.1. The average Bonchev–Trinajstić information content (AvgIpc) is 3.16. The Labute approximate surface area is 225 Å². The summed E-state index contributed by atoms with van der Waals surface area (Å²) >= 11 is 0. The van der Waals surface area contributed by atoms with Gasteiger partial charge < -0.3 is 28.4 Å². The molecular weight excluding hydrogens is 522 g/mol. The third kappa shape index (κ3) is 9.68. The lowest BCUT2D eigenvalue weighted by molar-refractivity contribution is -0.147. The van der Waals surface area contributed by atoms with Crippen LogP contribution in [0.2, 0.25) is 0 Å². The number of aryl methyl sites for hydroxylation is 1. The SMILES string of the molecule is CC(=O)OC(C[18F])Cn1c(=O)c(C)cn([C@H]2C[C@H](OC(=O)OC(C)(C)C)[C@@H](COC(=O)OC(C)(C)C)O2)c1=O. The van der Waals surface area contributed by atoms with Crippen LogP contribution in [-0.4, -0.2) is 70.2 Å². The van der Waals surface area contributed by atoms with E-state index in [-0.39, 0.29) is 18.6 Å². The standard InChI is InChI=1S/C25H37FN2O11/c1-14-11-27(21(31)28(20(14)30)12-16(10-26)35-15(2)29)19-9-17(37-23(33)39-25(6,7)8)18(36-19)13-34-22(32)38-24(3,4)5/h11,16-19H,9-10,12-13H2,1-8H3/t16?,17-,18+,19+/m0/s1/i26-1. The van der Waals surface area contributed by atoms with Gasteiger partial charge >= 0.3 is 24.0 Å². The summed E-state index contributed by atoms with van der Waals surface area (Å²) in [7, 11) is 0. The third-order valence-electron chi connectivity index (χ3n) is 5.14. The number of hydrogen-bond donors (Lipinski definition) is 0. The van der Waals surface area contributed by atoms with Crippen molar-refractivity contribution in [2.75, 3.05) is 13.3 Å². The molecule has 1 aliphatic rings. The highest BCUT2D eigenvalue weighted by molar-refractivity contribution is 5.66. The van der Waals surface area contributed by atoms with E-state index < -0.39 is 78.5 Å². The van der Waals surface area contributed by atoms with Gasteiger partial charge in [0.2, 0.25) is 0 Å². The molecule has 0 aliphatic carbocycles. The number of halogens is 1. The summed E-state index contributed by atoms with van der Waals surface area (Å²) in [6.45, 7) is 10.4. The first-order valence-electron chi connectivity index (χ1n) is 12.4. The van der Waals surface area contributed by atoms with E-state index in [2.05, 4.69) is 0 Å². The highest BCUT2D eigenvalue weighted by Crippen LogP contribution is 2.31. The summed E-state index contributed by atoms with van der Waals surface area (Å²) in [5, 5.41) is 0. The maximum absolute atomic E-state index is 13.4. The second kappa shape index (κ2) is 12.6. The fourth-order valence-electron chi connectivity index (χ4n) is 3.65. The van der Waals surface area contributed by atoms with Crippen LogP contribution in [-0.2, 0) is 39.8 Å². The van der Waals surface area contributed by atoms with Gasteiger partial charge in [0.1, 0.15) is 49.0 Å². The Balaban J connectivity index is 2.35. The van der Waals surface area contributed by atoms with Gasteiger partial charge in [-0.1, -0.05) is 0 Å². The van der Waals surface area contributed by atoms with Gasteiger partial charge in [0.05, 0.1) is 6.54 Å². The van der Waals surface area contributed by atoms with E-state index in [9.17, 15) is 28.4 Å². The third-order valence-corrected chi connectivity index (χ3v) is 5.14. The highest BCUT2D eigenvalue weighted by Gasteiger charge is 2.41. The van der Waals surface area contributed by atoms with Crippen molar-refractivity contribution in [2.24, 2.45) is 0 Å². The van der Waals surface area contributed by atoms with Gasteiger partial charge in [-0.3, -0.25) is 18.7 Å². The van der Waals surface area contributed by atoms with E-state index in [0.717, 1.165) is 16.1 Å². The molecule has 0 amide bonds. The van der Waals surface area contributed by atoms with Crippen molar-refractivity contribution < 1.29 is 47.2 Å². The van der Waals surface area contributed by atoms with E-state index in [1.165, 1.54) is 13.1 Å². The topological polar surface area (TPSA) is 151 Å².